The maximum absolute atomic E-state index is 13.1. The number of piperazine rings is 1. The van der Waals surface area contributed by atoms with E-state index in [-0.39, 0.29) is 11.9 Å². The van der Waals surface area contributed by atoms with E-state index >= 15 is 0 Å². The maximum Gasteiger partial charge on any atom is 0.281 e. The Morgan fingerprint density at radius 2 is 1.96 bits per heavy atom. The smallest absolute Gasteiger partial charge is 0.281 e. The minimum Gasteiger partial charge on any atom is -0.323 e. The number of thiophene rings is 1. The first kappa shape index (κ1) is 21.2. The lowest BCUT2D eigenvalue weighted by molar-refractivity contribution is -0.918. The summed E-state index contributed by atoms with van der Waals surface area (Å²) < 4.78 is 27.2. The van der Waals surface area contributed by atoms with Crippen LogP contribution >= 0.6 is 11.3 Å². The van der Waals surface area contributed by atoms with Gasteiger partial charge in [-0.2, -0.15) is 9.57 Å². The van der Waals surface area contributed by atoms with Gasteiger partial charge < -0.3 is 9.80 Å². The zero-order chi connectivity index (χ0) is 20.4. The van der Waals surface area contributed by atoms with Crippen molar-refractivity contribution in [3.05, 3.63) is 17.5 Å². The van der Waals surface area contributed by atoms with Crippen LogP contribution in [-0.2, 0) is 14.8 Å². The second kappa shape index (κ2) is 8.49. The molecule has 1 aliphatic carbocycles. The summed E-state index contributed by atoms with van der Waals surface area (Å²) in [5.41, 5.74) is -0.687. The highest BCUT2D eigenvalue weighted by atomic mass is 32.2. The van der Waals surface area contributed by atoms with E-state index in [1.807, 2.05) is 6.92 Å². The topological polar surface area (TPSA) is 85.9 Å². The van der Waals surface area contributed by atoms with Gasteiger partial charge in [-0.1, -0.05) is 25.3 Å². The number of rotatable bonds is 5. The van der Waals surface area contributed by atoms with E-state index in [9.17, 15) is 18.5 Å². The average Bonchev–Trinajstić information content (AvgIpc) is 3.28. The van der Waals surface area contributed by atoms with Crippen LogP contribution in [0, 0.1) is 11.3 Å². The molecule has 0 radical (unpaired) electrons. The molecule has 154 valence electrons. The van der Waals surface area contributed by atoms with Gasteiger partial charge in [0.05, 0.1) is 32.2 Å². The number of carbonyl (C=O) groups excluding carboxylic acids is 1. The van der Waals surface area contributed by atoms with Crippen LogP contribution in [0.4, 0.5) is 0 Å². The van der Waals surface area contributed by atoms with Gasteiger partial charge in [0.25, 0.3) is 15.9 Å². The van der Waals surface area contributed by atoms with Crippen molar-refractivity contribution in [3.8, 4) is 6.07 Å². The molecule has 0 unspecified atom stereocenters. The molecule has 1 aromatic rings. The van der Waals surface area contributed by atoms with Crippen LogP contribution in [0.1, 0.15) is 39.0 Å². The minimum absolute atomic E-state index is 0.0204. The second-order valence-corrected chi connectivity index (χ2v) is 10.9. The number of amides is 1. The van der Waals surface area contributed by atoms with Gasteiger partial charge in [0.15, 0.2) is 6.04 Å². The quantitative estimate of drug-likeness (QED) is 0.753. The number of nitriles is 1. The molecular weight excluding hydrogens is 396 g/mol. The lowest BCUT2D eigenvalue weighted by Gasteiger charge is -2.41. The minimum atomic E-state index is -3.44. The Bertz CT molecular complexity index is 818. The number of quaternary nitrogens is 1. The normalized spacial score (nSPS) is 22.3. The van der Waals surface area contributed by atoms with Gasteiger partial charge in [0.2, 0.25) is 0 Å². The van der Waals surface area contributed by atoms with Crippen LogP contribution in [0.25, 0.3) is 0 Å². The molecular formula is C19H29N4O3S2+. The molecule has 28 heavy (non-hydrogen) atoms. The molecule has 2 aliphatic rings. The van der Waals surface area contributed by atoms with Crippen molar-refractivity contribution in [1.29, 1.82) is 5.26 Å². The zero-order valence-corrected chi connectivity index (χ0v) is 18.2. The maximum atomic E-state index is 13.1. The fraction of sp³-hybridized carbons (Fsp3) is 0.684. The molecule has 7 nitrogen and oxygen atoms in total. The van der Waals surface area contributed by atoms with Crippen LogP contribution in [0.5, 0.6) is 0 Å². The number of carbonyl (C=O) groups is 1. The van der Waals surface area contributed by atoms with E-state index in [4.69, 9.17) is 0 Å². The molecule has 9 heteroatoms. The molecule has 1 aliphatic heterocycles. The fourth-order valence-electron chi connectivity index (χ4n) is 4.32. The van der Waals surface area contributed by atoms with Crippen LogP contribution in [0.2, 0.25) is 0 Å². The second-order valence-electron chi connectivity index (χ2n) is 7.82. The SMILES string of the molecule is C[C@H](C(=O)N(C)C1(C#N)CCCCC1)[NH+]1CCN(S(=O)(=O)c2cccs2)CC1. The van der Waals surface area contributed by atoms with Crippen molar-refractivity contribution < 1.29 is 18.1 Å². The lowest BCUT2D eigenvalue weighted by atomic mass is 9.81. The predicted molar refractivity (Wildman–Crippen MR) is 107 cm³/mol. The van der Waals surface area contributed by atoms with Crippen molar-refractivity contribution in [2.24, 2.45) is 0 Å². The summed E-state index contributed by atoms with van der Waals surface area (Å²) in [5, 5.41) is 11.5. The first-order valence-corrected chi connectivity index (χ1v) is 12.2. The number of hydrogen-bond acceptors (Lipinski definition) is 5. The Hall–Kier alpha value is -1.47. The highest BCUT2D eigenvalue weighted by molar-refractivity contribution is 7.91. The van der Waals surface area contributed by atoms with Crippen molar-refractivity contribution in [1.82, 2.24) is 9.21 Å². The third-order valence-corrected chi connectivity index (χ3v) is 9.57. The van der Waals surface area contributed by atoms with E-state index in [1.54, 1.807) is 29.5 Å². The van der Waals surface area contributed by atoms with Gasteiger partial charge in [0.1, 0.15) is 9.75 Å². The van der Waals surface area contributed by atoms with Crippen molar-refractivity contribution >= 4 is 27.3 Å². The summed E-state index contributed by atoms with van der Waals surface area (Å²) in [4.78, 5) is 15.8. The molecule has 2 heterocycles. The molecule has 1 amide bonds. The molecule has 1 aromatic heterocycles. The summed E-state index contributed by atoms with van der Waals surface area (Å²) in [5.74, 6) is -0.0204. The van der Waals surface area contributed by atoms with Crippen LogP contribution in [-0.4, -0.2) is 68.3 Å². The molecule has 0 bridgehead atoms. The van der Waals surface area contributed by atoms with Gasteiger partial charge >= 0.3 is 0 Å². The third kappa shape index (κ3) is 3.96. The molecule has 2 fully saturated rings. The molecule has 1 N–H and O–H groups in total. The number of sulfonamides is 1. The monoisotopic (exact) mass is 425 g/mol. The Morgan fingerprint density at radius 3 is 2.50 bits per heavy atom. The van der Waals surface area contributed by atoms with Gasteiger partial charge in [0, 0.05) is 7.05 Å². The first-order valence-electron chi connectivity index (χ1n) is 9.89. The fourth-order valence-corrected chi connectivity index (χ4v) is 6.91. The van der Waals surface area contributed by atoms with Gasteiger partial charge in [-0.3, -0.25) is 4.79 Å². The Balaban J connectivity index is 1.62. The van der Waals surface area contributed by atoms with E-state index in [0.29, 0.717) is 30.4 Å². The molecule has 1 atom stereocenters. The van der Waals surface area contributed by atoms with Crippen molar-refractivity contribution in [3.63, 3.8) is 0 Å². The molecule has 3 rings (SSSR count). The first-order chi connectivity index (χ1) is 13.3. The molecule has 0 aromatic carbocycles. The van der Waals surface area contributed by atoms with E-state index in [1.165, 1.54) is 15.6 Å². The highest BCUT2D eigenvalue weighted by Crippen LogP contribution is 2.32. The van der Waals surface area contributed by atoms with Gasteiger partial charge in [-0.15, -0.1) is 11.3 Å². The number of nitrogens with zero attached hydrogens (tertiary/aromatic N) is 3. The van der Waals surface area contributed by atoms with Crippen molar-refractivity contribution in [2.75, 3.05) is 33.2 Å². The van der Waals surface area contributed by atoms with Crippen molar-refractivity contribution in [2.45, 2.75) is 54.8 Å². The Kier molecular flexibility index (Phi) is 6.44. The number of likely N-dealkylation sites (N-methyl/N-ethyl adjacent to an activating group) is 1. The Morgan fingerprint density at radius 1 is 1.32 bits per heavy atom. The number of hydrogen-bond donors (Lipinski definition) is 1. The lowest BCUT2D eigenvalue weighted by Crippen LogP contribution is -3.19. The molecule has 1 saturated carbocycles. The summed E-state index contributed by atoms with van der Waals surface area (Å²) in [6.45, 7) is 3.88. The van der Waals surface area contributed by atoms with Gasteiger partial charge in [-0.05, 0) is 31.2 Å². The zero-order valence-electron chi connectivity index (χ0n) is 16.6. The largest absolute Gasteiger partial charge is 0.323 e. The summed E-state index contributed by atoms with van der Waals surface area (Å²) >= 11 is 1.23. The van der Waals surface area contributed by atoms with E-state index in [2.05, 4.69) is 6.07 Å². The standard InChI is InChI=1S/C19H28N4O3S2/c1-16(18(24)21(2)19(15-20)8-4-3-5-9-19)22-10-12-23(13-11-22)28(25,26)17-7-6-14-27-17/h6-7,14,16H,3-5,8-13H2,1-2H3/p+1/t16-/m1/s1. The predicted octanol–water partition coefficient (Wildman–Crippen LogP) is 0.711. The molecule has 1 saturated heterocycles. The summed E-state index contributed by atoms with van der Waals surface area (Å²) in [7, 11) is -1.68. The highest BCUT2D eigenvalue weighted by Gasteiger charge is 2.43. The van der Waals surface area contributed by atoms with E-state index < -0.39 is 15.6 Å². The Labute approximate surface area is 171 Å². The van der Waals surface area contributed by atoms with E-state index in [0.717, 1.165) is 37.0 Å². The van der Waals surface area contributed by atoms with Crippen LogP contribution < -0.4 is 4.90 Å². The number of nitrogens with one attached hydrogen (secondary N) is 1. The summed E-state index contributed by atoms with van der Waals surface area (Å²) in [6.07, 6.45) is 4.55. The molecule has 0 spiro atoms. The third-order valence-electron chi connectivity index (χ3n) is 6.30. The van der Waals surface area contributed by atoms with Crippen LogP contribution in [0.3, 0.4) is 0 Å². The average molecular weight is 426 g/mol. The summed E-state index contributed by atoms with van der Waals surface area (Å²) in [6, 6.07) is 5.49. The van der Waals surface area contributed by atoms with Crippen LogP contribution in [0.15, 0.2) is 21.7 Å². The van der Waals surface area contributed by atoms with Gasteiger partial charge in [-0.25, -0.2) is 8.42 Å².